The van der Waals surface area contributed by atoms with Crippen molar-refractivity contribution in [1.82, 2.24) is 4.90 Å². The number of anilines is 1. The minimum Gasteiger partial charge on any atom is -0.452 e. The van der Waals surface area contributed by atoms with Crippen molar-refractivity contribution in [2.75, 3.05) is 37.7 Å². The standard InChI is InChI=1S/C21H23ClN2O3S/c22-17-6-2-3-7-18(17)23-9-11-24(12-10-23)20(25)13-27-21(26)16-14-28-19-8-4-1-5-15(16)19/h2-3,6-7,14H,1,4-5,8-13H2. The molecule has 2 aliphatic rings. The van der Waals surface area contributed by atoms with E-state index in [1.807, 2.05) is 29.6 Å². The number of hydrogen-bond acceptors (Lipinski definition) is 5. The molecule has 0 saturated carbocycles. The normalized spacial score (nSPS) is 16.6. The zero-order valence-corrected chi connectivity index (χ0v) is 17.2. The molecule has 2 aromatic rings. The number of carbonyl (C=O) groups excluding carboxylic acids is 2. The lowest BCUT2D eigenvalue weighted by Crippen LogP contribution is -2.50. The second kappa shape index (κ2) is 8.53. The van der Waals surface area contributed by atoms with Crippen LogP contribution < -0.4 is 4.90 Å². The number of amides is 1. The van der Waals surface area contributed by atoms with Crippen LogP contribution in [-0.4, -0.2) is 49.6 Å². The smallest absolute Gasteiger partial charge is 0.339 e. The van der Waals surface area contributed by atoms with Crippen LogP contribution >= 0.6 is 22.9 Å². The Morgan fingerprint density at radius 3 is 2.61 bits per heavy atom. The van der Waals surface area contributed by atoms with Crippen molar-refractivity contribution < 1.29 is 14.3 Å². The Morgan fingerprint density at radius 1 is 1.07 bits per heavy atom. The van der Waals surface area contributed by atoms with E-state index in [1.165, 1.54) is 11.3 Å². The summed E-state index contributed by atoms with van der Waals surface area (Å²) in [4.78, 5) is 30.1. The first kappa shape index (κ1) is 19.3. The van der Waals surface area contributed by atoms with Crippen LogP contribution in [-0.2, 0) is 22.4 Å². The number of thiophene rings is 1. The quantitative estimate of drug-likeness (QED) is 0.709. The number of ether oxygens (including phenoxy) is 1. The fraction of sp³-hybridized carbons (Fsp3) is 0.429. The van der Waals surface area contributed by atoms with E-state index in [0.717, 1.165) is 35.5 Å². The highest BCUT2D eigenvalue weighted by atomic mass is 35.5. The maximum Gasteiger partial charge on any atom is 0.339 e. The maximum atomic E-state index is 12.5. The summed E-state index contributed by atoms with van der Waals surface area (Å²) in [6, 6.07) is 7.73. The molecule has 148 valence electrons. The van der Waals surface area contributed by atoms with E-state index in [1.54, 1.807) is 16.2 Å². The molecule has 0 atom stereocenters. The van der Waals surface area contributed by atoms with Gasteiger partial charge in [-0.25, -0.2) is 4.79 Å². The number of benzene rings is 1. The first-order valence-corrected chi connectivity index (χ1v) is 10.9. The second-order valence-electron chi connectivity index (χ2n) is 7.15. The van der Waals surface area contributed by atoms with Crippen LogP contribution in [0.2, 0.25) is 5.02 Å². The van der Waals surface area contributed by atoms with Gasteiger partial charge in [-0.05, 0) is 43.4 Å². The van der Waals surface area contributed by atoms with Gasteiger partial charge in [0.2, 0.25) is 0 Å². The Hall–Kier alpha value is -2.05. The third kappa shape index (κ3) is 4.03. The zero-order valence-electron chi connectivity index (χ0n) is 15.7. The highest BCUT2D eigenvalue weighted by Gasteiger charge is 2.25. The molecule has 5 nitrogen and oxygen atoms in total. The number of halogens is 1. The van der Waals surface area contributed by atoms with Crippen molar-refractivity contribution in [2.45, 2.75) is 25.7 Å². The summed E-state index contributed by atoms with van der Waals surface area (Å²) < 4.78 is 5.34. The van der Waals surface area contributed by atoms with E-state index < -0.39 is 0 Å². The maximum absolute atomic E-state index is 12.5. The molecule has 28 heavy (non-hydrogen) atoms. The van der Waals surface area contributed by atoms with Crippen LogP contribution in [0.25, 0.3) is 0 Å². The Kier molecular flexibility index (Phi) is 5.87. The summed E-state index contributed by atoms with van der Waals surface area (Å²) in [6.45, 7) is 2.41. The van der Waals surface area contributed by atoms with Crippen LogP contribution in [0.3, 0.4) is 0 Å². The van der Waals surface area contributed by atoms with Crippen LogP contribution in [0.1, 0.15) is 33.6 Å². The molecule has 1 amide bonds. The van der Waals surface area contributed by atoms with Crippen LogP contribution in [0, 0.1) is 0 Å². The fourth-order valence-electron chi connectivity index (χ4n) is 3.87. The van der Waals surface area contributed by atoms with Gasteiger partial charge in [-0.1, -0.05) is 23.7 Å². The summed E-state index contributed by atoms with van der Waals surface area (Å²) in [7, 11) is 0. The minimum absolute atomic E-state index is 0.142. The van der Waals surface area contributed by atoms with Crippen molar-refractivity contribution in [3.63, 3.8) is 0 Å². The molecule has 0 spiro atoms. The van der Waals surface area contributed by atoms with Crippen LogP contribution in [0.15, 0.2) is 29.6 Å². The van der Waals surface area contributed by atoms with Crippen LogP contribution in [0.5, 0.6) is 0 Å². The molecule has 4 rings (SSSR count). The molecule has 0 N–H and O–H groups in total. The average Bonchev–Trinajstić information content (AvgIpc) is 3.16. The predicted octanol–water partition coefficient (Wildman–Crippen LogP) is 3.79. The number of piperazine rings is 1. The fourth-order valence-corrected chi connectivity index (χ4v) is 5.24. The number of hydrogen-bond donors (Lipinski definition) is 0. The van der Waals surface area contributed by atoms with E-state index >= 15 is 0 Å². The number of rotatable bonds is 4. The van der Waals surface area contributed by atoms with Crippen molar-refractivity contribution in [3.8, 4) is 0 Å². The van der Waals surface area contributed by atoms with Gasteiger partial charge < -0.3 is 14.5 Å². The molecule has 1 aliphatic carbocycles. The third-order valence-corrected chi connectivity index (χ3v) is 6.84. The van der Waals surface area contributed by atoms with Crippen molar-refractivity contribution in [2.24, 2.45) is 0 Å². The molecule has 1 aromatic carbocycles. The molecule has 1 saturated heterocycles. The summed E-state index contributed by atoms with van der Waals surface area (Å²) in [6.07, 6.45) is 4.27. The lowest BCUT2D eigenvalue weighted by Gasteiger charge is -2.36. The molecule has 0 radical (unpaired) electrons. The summed E-state index contributed by atoms with van der Waals surface area (Å²) in [5.74, 6) is -0.515. The number of carbonyl (C=O) groups is 2. The monoisotopic (exact) mass is 418 g/mol. The van der Waals surface area contributed by atoms with E-state index in [-0.39, 0.29) is 18.5 Å². The van der Waals surface area contributed by atoms with E-state index in [2.05, 4.69) is 4.90 Å². The number of nitrogens with zero attached hydrogens (tertiary/aromatic N) is 2. The molecule has 1 fully saturated rings. The minimum atomic E-state index is -0.373. The van der Waals surface area contributed by atoms with E-state index in [0.29, 0.717) is 31.7 Å². The van der Waals surface area contributed by atoms with Crippen LogP contribution in [0.4, 0.5) is 5.69 Å². The van der Waals surface area contributed by atoms with Gasteiger partial charge in [0.05, 0.1) is 16.3 Å². The third-order valence-electron chi connectivity index (χ3n) is 5.43. The first-order chi connectivity index (χ1) is 13.6. The SMILES string of the molecule is O=C(OCC(=O)N1CCN(c2ccccc2Cl)CC1)c1csc2c1CCCC2. The van der Waals surface area contributed by atoms with Crippen molar-refractivity contribution >= 4 is 40.5 Å². The largest absolute Gasteiger partial charge is 0.452 e. The number of aryl methyl sites for hydroxylation is 1. The molecule has 1 aliphatic heterocycles. The molecule has 0 bridgehead atoms. The Balaban J connectivity index is 1.29. The first-order valence-electron chi connectivity index (χ1n) is 9.67. The second-order valence-corrected chi connectivity index (χ2v) is 8.52. The number of fused-ring (bicyclic) bond motifs is 1. The van der Waals surface area contributed by atoms with E-state index in [9.17, 15) is 9.59 Å². The molecule has 2 heterocycles. The highest BCUT2D eigenvalue weighted by Crippen LogP contribution is 2.30. The van der Waals surface area contributed by atoms with Gasteiger partial charge in [0, 0.05) is 36.4 Å². The Morgan fingerprint density at radius 2 is 1.82 bits per heavy atom. The van der Waals surface area contributed by atoms with Gasteiger partial charge in [-0.3, -0.25) is 4.79 Å². The highest BCUT2D eigenvalue weighted by molar-refractivity contribution is 7.10. The van der Waals surface area contributed by atoms with Gasteiger partial charge in [-0.2, -0.15) is 0 Å². The summed E-state index contributed by atoms with van der Waals surface area (Å²) in [5.41, 5.74) is 2.77. The molecular weight excluding hydrogens is 396 g/mol. The van der Waals surface area contributed by atoms with Gasteiger partial charge >= 0.3 is 5.97 Å². The van der Waals surface area contributed by atoms with Crippen molar-refractivity contribution in [1.29, 1.82) is 0 Å². The van der Waals surface area contributed by atoms with Gasteiger partial charge in [-0.15, -0.1) is 11.3 Å². The molecule has 7 heteroatoms. The van der Waals surface area contributed by atoms with Gasteiger partial charge in [0.1, 0.15) is 0 Å². The Bertz CT molecular complexity index is 874. The van der Waals surface area contributed by atoms with E-state index in [4.69, 9.17) is 16.3 Å². The summed E-state index contributed by atoms with van der Waals surface area (Å²) >= 11 is 7.89. The molecule has 0 unspecified atom stereocenters. The predicted molar refractivity (Wildman–Crippen MR) is 111 cm³/mol. The lowest BCUT2D eigenvalue weighted by molar-refractivity contribution is -0.134. The topological polar surface area (TPSA) is 49.9 Å². The Labute approximate surface area is 173 Å². The average molecular weight is 419 g/mol. The zero-order chi connectivity index (χ0) is 19.5. The van der Waals surface area contributed by atoms with Gasteiger partial charge in [0.25, 0.3) is 5.91 Å². The van der Waals surface area contributed by atoms with Gasteiger partial charge in [0.15, 0.2) is 6.61 Å². The molecular formula is C21H23ClN2O3S. The summed E-state index contributed by atoms with van der Waals surface area (Å²) in [5, 5.41) is 2.60. The van der Waals surface area contributed by atoms with Crippen molar-refractivity contribution in [3.05, 3.63) is 50.7 Å². The lowest BCUT2D eigenvalue weighted by atomic mass is 9.96. The number of esters is 1. The molecule has 1 aromatic heterocycles. The number of para-hydroxylation sites is 1.